The van der Waals surface area contributed by atoms with Crippen molar-refractivity contribution in [2.24, 2.45) is 7.05 Å². The lowest BCUT2D eigenvalue weighted by Gasteiger charge is -2.17. The van der Waals surface area contributed by atoms with E-state index < -0.39 is 0 Å². The fourth-order valence-corrected chi connectivity index (χ4v) is 2.38. The highest BCUT2D eigenvalue weighted by atomic mass is 79.9. The van der Waals surface area contributed by atoms with E-state index >= 15 is 0 Å². The molecule has 2 aromatic rings. The molecule has 0 bridgehead atoms. The molecule has 0 fully saturated rings. The van der Waals surface area contributed by atoms with Crippen molar-refractivity contribution < 1.29 is 4.79 Å². The molecule has 0 aliphatic heterocycles. The summed E-state index contributed by atoms with van der Waals surface area (Å²) in [5, 5.41) is 8.43. The second kappa shape index (κ2) is 6.43. The molecule has 6 nitrogen and oxygen atoms in total. The first-order chi connectivity index (χ1) is 9.90. The maximum atomic E-state index is 12.2. The van der Waals surface area contributed by atoms with Crippen molar-refractivity contribution in [3.63, 3.8) is 0 Å². The van der Waals surface area contributed by atoms with Crippen LogP contribution in [-0.4, -0.2) is 37.4 Å². The molecule has 2 rings (SSSR count). The Morgan fingerprint density at radius 2 is 2.00 bits per heavy atom. The largest absolute Gasteiger partial charge is 0.341 e. The zero-order chi connectivity index (χ0) is 15.6. The maximum Gasteiger partial charge on any atom is 0.224 e. The molecule has 2 heterocycles. The van der Waals surface area contributed by atoms with Crippen molar-refractivity contribution in [2.45, 2.75) is 33.4 Å². The number of carbonyl (C=O) groups is 1. The monoisotopic (exact) mass is 353 g/mol. The summed E-state index contributed by atoms with van der Waals surface area (Å²) in [7, 11) is 3.72. The quantitative estimate of drug-likeness (QED) is 0.826. The van der Waals surface area contributed by atoms with Crippen LogP contribution in [0.1, 0.15) is 23.4 Å². The van der Waals surface area contributed by atoms with Gasteiger partial charge in [-0.25, -0.2) is 0 Å². The van der Waals surface area contributed by atoms with Crippen LogP contribution in [0.2, 0.25) is 0 Å². The Labute approximate surface area is 132 Å². The first-order valence-electron chi connectivity index (χ1n) is 6.79. The Bertz CT molecular complexity index is 646. The third-order valence-electron chi connectivity index (χ3n) is 3.75. The Kier molecular flexibility index (Phi) is 4.82. The van der Waals surface area contributed by atoms with Gasteiger partial charge in [0.05, 0.1) is 16.9 Å². The molecule has 0 saturated heterocycles. The second-order valence-corrected chi connectivity index (χ2v) is 6.03. The van der Waals surface area contributed by atoms with Gasteiger partial charge in [-0.3, -0.25) is 14.2 Å². The summed E-state index contributed by atoms with van der Waals surface area (Å²) in [6.45, 7) is 5.16. The molecule has 0 aliphatic rings. The van der Waals surface area contributed by atoms with E-state index in [4.69, 9.17) is 0 Å². The number of hydrogen-bond donors (Lipinski definition) is 0. The first kappa shape index (κ1) is 15.8. The van der Waals surface area contributed by atoms with E-state index in [1.165, 1.54) is 0 Å². The van der Waals surface area contributed by atoms with Crippen molar-refractivity contribution in [1.29, 1.82) is 0 Å². The van der Waals surface area contributed by atoms with Crippen LogP contribution in [0, 0.1) is 13.8 Å². The Balaban J connectivity index is 1.91. The smallest absolute Gasteiger partial charge is 0.224 e. The third-order valence-corrected chi connectivity index (χ3v) is 4.53. The number of halogens is 1. The van der Waals surface area contributed by atoms with Gasteiger partial charge in [0.1, 0.15) is 0 Å². The summed E-state index contributed by atoms with van der Waals surface area (Å²) in [5.74, 6) is 0.101. The standard InChI is InChI=1S/C14H20BrN5O/c1-10-12(7-16-19(10)4)9-18(3)14(21)5-6-20-11(2)13(15)8-17-20/h7-8H,5-6,9H2,1-4H3. The van der Waals surface area contributed by atoms with E-state index in [-0.39, 0.29) is 5.91 Å². The number of carbonyl (C=O) groups excluding carboxylic acids is 1. The van der Waals surface area contributed by atoms with Crippen LogP contribution in [0.15, 0.2) is 16.9 Å². The van der Waals surface area contributed by atoms with Crippen molar-refractivity contribution in [1.82, 2.24) is 24.5 Å². The van der Waals surface area contributed by atoms with Gasteiger partial charge in [0.25, 0.3) is 0 Å². The number of aromatic nitrogens is 4. The average molecular weight is 354 g/mol. The summed E-state index contributed by atoms with van der Waals surface area (Å²) in [5.41, 5.74) is 3.20. The van der Waals surface area contributed by atoms with Gasteiger partial charge in [0.15, 0.2) is 0 Å². The fraction of sp³-hybridized carbons (Fsp3) is 0.500. The minimum atomic E-state index is 0.101. The number of hydrogen-bond acceptors (Lipinski definition) is 3. The van der Waals surface area contributed by atoms with Gasteiger partial charge in [-0.05, 0) is 29.8 Å². The molecule has 7 heteroatoms. The van der Waals surface area contributed by atoms with Crippen LogP contribution in [-0.2, 0) is 24.9 Å². The molecular weight excluding hydrogens is 334 g/mol. The van der Waals surface area contributed by atoms with Gasteiger partial charge in [-0.2, -0.15) is 10.2 Å². The predicted octanol–water partition coefficient (Wildman–Crippen LogP) is 2.04. The van der Waals surface area contributed by atoms with Gasteiger partial charge < -0.3 is 4.90 Å². The number of aryl methyl sites for hydroxylation is 2. The number of rotatable bonds is 5. The van der Waals surface area contributed by atoms with Crippen LogP contribution < -0.4 is 0 Å². The lowest BCUT2D eigenvalue weighted by Crippen LogP contribution is -2.27. The normalized spacial score (nSPS) is 10.9. The highest BCUT2D eigenvalue weighted by Crippen LogP contribution is 2.15. The third kappa shape index (κ3) is 3.53. The van der Waals surface area contributed by atoms with Crippen LogP contribution >= 0.6 is 15.9 Å². The van der Waals surface area contributed by atoms with Crippen LogP contribution in [0.25, 0.3) is 0 Å². The summed E-state index contributed by atoms with van der Waals surface area (Å²) in [6, 6.07) is 0. The van der Waals surface area contributed by atoms with Crippen molar-refractivity contribution in [2.75, 3.05) is 7.05 Å². The SMILES string of the molecule is Cc1c(CN(C)C(=O)CCn2ncc(Br)c2C)cnn1C. The summed E-state index contributed by atoms with van der Waals surface area (Å²) < 4.78 is 4.62. The molecule has 1 amide bonds. The molecule has 2 aromatic heterocycles. The van der Waals surface area contributed by atoms with Gasteiger partial charge >= 0.3 is 0 Å². The van der Waals surface area contributed by atoms with Gasteiger partial charge in [0, 0.05) is 50.6 Å². The Morgan fingerprint density at radius 1 is 1.29 bits per heavy atom. The van der Waals surface area contributed by atoms with Gasteiger partial charge in [-0.15, -0.1) is 0 Å². The lowest BCUT2D eigenvalue weighted by atomic mass is 10.2. The Morgan fingerprint density at radius 3 is 2.52 bits per heavy atom. The molecule has 0 aromatic carbocycles. The summed E-state index contributed by atoms with van der Waals surface area (Å²) >= 11 is 3.42. The van der Waals surface area contributed by atoms with E-state index in [1.54, 1.807) is 11.1 Å². The molecule has 0 radical (unpaired) electrons. The van der Waals surface area contributed by atoms with Crippen molar-refractivity contribution in [3.05, 3.63) is 33.8 Å². The molecule has 0 saturated carbocycles. The molecule has 114 valence electrons. The zero-order valence-electron chi connectivity index (χ0n) is 12.8. The maximum absolute atomic E-state index is 12.2. The minimum Gasteiger partial charge on any atom is -0.341 e. The van der Waals surface area contributed by atoms with Crippen molar-refractivity contribution in [3.8, 4) is 0 Å². The molecule has 21 heavy (non-hydrogen) atoms. The van der Waals surface area contributed by atoms with Crippen LogP contribution in [0.4, 0.5) is 0 Å². The molecule has 0 N–H and O–H groups in total. The van der Waals surface area contributed by atoms with Gasteiger partial charge in [-0.1, -0.05) is 0 Å². The predicted molar refractivity (Wildman–Crippen MR) is 83.7 cm³/mol. The summed E-state index contributed by atoms with van der Waals surface area (Å²) in [6.07, 6.45) is 4.00. The van der Waals surface area contributed by atoms with Crippen LogP contribution in [0.3, 0.4) is 0 Å². The van der Waals surface area contributed by atoms with E-state index in [0.29, 0.717) is 19.5 Å². The highest BCUT2D eigenvalue weighted by molar-refractivity contribution is 9.10. The zero-order valence-corrected chi connectivity index (χ0v) is 14.4. The first-order valence-corrected chi connectivity index (χ1v) is 7.58. The van der Waals surface area contributed by atoms with Gasteiger partial charge in [0.2, 0.25) is 5.91 Å². The Hall–Kier alpha value is -1.63. The fourth-order valence-electron chi connectivity index (χ4n) is 2.08. The van der Waals surface area contributed by atoms with Crippen LogP contribution in [0.5, 0.6) is 0 Å². The van der Waals surface area contributed by atoms with E-state index in [2.05, 4.69) is 26.1 Å². The minimum absolute atomic E-state index is 0.101. The molecular formula is C14H20BrN5O. The average Bonchev–Trinajstić information content (AvgIpc) is 2.94. The second-order valence-electron chi connectivity index (χ2n) is 5.18. The van der Waals surface area contributed by atoms with E-state index in [9.17, 15) is 4.79 Å². The molecule has 0 spiro atoms. The topological polar surface area (TPSA) is 56.0 Å². The number of amides is 1. The molecule has 0 aliphatic carbocycles. The van der Waals surface area contributed by atoms with E-state index in [0.717, 1.165) is 21.4 Å². The highest BCUT2D eigenvalue weighted by Gasteiger charge is 2.13. The van der Waals surface area contributed by atoms with E-state index in [1.807, 2.05) is 43.5 Å². The number of nitrogens with zero attached hydrogens (tertiary/aromatic N) is 5. The molecule has 0 unspecified atom stereocenters. The lowest BCUT2D eigenvalue weighted by molar-refractivity contribution is -0.130. The van der Waals surface area contributed by atoms with Crippen molar-refractivity contribution >= 4 is 21.8 Å². The summed E-state index contributed by atoms with van der Waals surface area (Å²) in [4.78, 5) is 13.9. The molecule has 0 atom stereocenters.